The van der Waals surface area contributed by atoms with Gasteiger partial charge in [0.15, 0.2) is 5.82 Å². The summed E-state index contributed by atoms with van der Waals surface area (Å²) in [6.07, 6.45) is 8.33. The summed E-state index contributed by atoms with van der Waals surface area (Å²) in [6, 6.07) is 8.45. The number of aromatic amines is 1. The van der Waals surface area contributed by atoms with E-state index in [9.17, 15) is 4.79 Å². The number of pyridine rings is 2. The standard InChI is InChI=1S/C18H14N6O2/c1-24-11-12(9-22-24)16-8-13(4-6-19-16)26-14-2-3-15(21-10-14)18-20-7-5-17(25)23-18/h2-11H,1H3,(H,20,23,25). The van der Waals surface area contributed by atoms with E-state index in [-0.39, 0.29) is 5.56 Å². The van der Waals surface area contributed by atoms with E-state index >= 15 is 0 Å². The maximum atomic E-state index is 11.4. The van der Waals surface area contributed by atoms with Crippen LogP contribution in [0.1, 0.15) is 0 Å². The second kappa shape index (κ2) is 6.60. The van der Waals surface area contributed by atoms with E-state index in [0.717, 1.165) is 11.3 Å². The number of nitrogens with one attached hydrogen (secondary N) is 1. The number of hydrogen-bond donors (Lipinski definition) is 1. The number of rotatable bonds is 4. The summed E-state index contributed by atoms with van der Waals surface area (Å²) in [5, 5.41) is 4.15. The van der Waals surface area contributed by atoms with Crippen molar-refractivity contribution in [2.45, 2.75) is 0 Å². The molecule has 0 spiro atoms. The van der Waals surface area contributed by atoms with E-state index in [1.165, 1.54) is 12.3 Å². The van der Waals surface area contributed by atoms with Crippen LogP contribution in [0.5, 0.6) is 11.5 Å². The van der Waals surface area contributed by atoms with Gasteiger partial charge in [0.1, 0.15) is 17.2 Å². The van der Waals surface area contributed by atoms with Crippen LogP contribution in [0.2, 0.25) is 0 Å². The summed E-state index contributed by atoms with van der Waals surface area (Å²) < 4.78 is 7.56. The van der Waals surface area contributed by atoms with Crippen molar-refractivity contribution in [3.8, 4) is 34.3 Å². The molecule has 0 saturated carbocycles. The van der Waals surface area contributed by atoms with Crippen molar-refractivity contribution in [1.82, 2.24) is 29.7 Å². The van der Waals surface area contributed by atoms with Crippen LogP contribution < -0.4 is 10.3 Å². The zero-order chi connectivity index (χ0) is 17.9. The van der Waals surface area contributed by atoms with Gasteiger partial charge < -0.3 is 9.72 Å². The van der Waals surface area contributed by atoms with Crippen molar-refractivity contribution in [3.63, 3.8) is 0 Å². The topological polar surface area (TPSA) is 98.6 Å². The summed E-state index contributed by atoms with van der Waals surface area (Å²) in [7, 11) is 1.85. The van der Waals surface area contributed by atoms with E-state index in [4.69, 9.17) is 4.74 Å². The van der Waals surface area contributed by atoms with Gasteiger partial charge in [0.05, 0.1) is 18.1 Å². The normalized spacial score (nSPS) is 10.7. The molecule has 0 radical (unpaired) electrons. The molecule has 0 amide bonds. The Morgan fingerprint density at radius 1 is 0.962 bits per heavy atom. The van der Waals surface area contributed by atoms with Crippen molar-refractivity contribution >= 4 is 0 Å². The van der Waals surface area contributed by atoms with Gasteiger partial charge in [-0.2, -0.15) is 5.10 Å². The molecule has 0 atom stereocenters. The molecular weight excluding hydrogens is 332 g/mol. The Labute approximate surface area is 148 Å². The lowest BCUT2D eigenvalue weighted by Gasteiger charge is -2.07. The first-order chi connectivity index (χ1) is 12.7. The van der Waals surface area contributed by atoms with Gasteiger partial charge in [0.25, 0.3) is 5.56 Å². The molecule has 26 heavy (non-hydrogen) atoms. The molecule has 0 saturated heterocycles. The molecule has 0 aromatic carbocycles. The van der Waals surface area contributed by atoms with Crippen molar-refractivity contribution in [1.29, 1.82) is 0 Å². The number of nitrogens with zero attached hydrogens (tertiary/aromatic N) is 5. The quantitative estimate of drug-likeness (QED) is 0.609. The first-order valence-electron chi connectivity index (χ1n) is 7.82. The minimum absolute atomic E-state index is 0.225. The number of aryl methyl sites for hydroxylation is 1. The summed E-state index contributed by atoms with van der Waals surface area (Å²) in [4.78, 5) is 26.7. The first-order valence-corrected chi connectivity index (χ1v) is 7.82. The SMILES string of the molecule is Cn1cc(-c2cc(Oc3ccc(-c4nccc(=O)[nH]4)nc3)ccn2)cn1. The van der Waals surface area contributed by atoms with E-state index in [2.05, 4.69) is 25.0 Å². The van der Waals surface area contributed by atoms with Gasteiger partial charge in [0, 0.05) is 43.3 Å². The van der Waals surface area contributed by atoms with Gasteiger partial charge in [-0.15, -0.1) is 0 Å². The molecule has 0 aliphatic heterocycles. The second-order valence-corrected chi connectivity index (χ2v) is 5.54. The third-order valence-corrected chi connectivity index (χ3v) is 3.62. The molecule has 0 bridgehead atoms. The molecule has 128 valence electrons. The Bertz CT molecular complexity index is 1100. The van der Waals surface area contributed by atoms with Crippen LogP contribution in [0.15, 0.2) is 66.1 Å². The fraction of sp³-hybridized carbons (Fsp3) is 0.0556. The van der Waals surface area contributed by atoms with Gasteiger partial charge in [-0.25, -0.2) is 9.97 Å². The molecule has 8 heteroatoms. The molecular formula is C18H14N6O2. The average Bonchev–Trinajstić information content (AvgIpc) is 3.09. The zero-order valence-electron chi connectivity index (χ0n) is 13.8. The Hall–Kier alpha value is -3.81. The van der Waals surface area contributed by atoms with Crippen molar-refractivity contribution < 1.29 is 4.74 Å². The molecule has 8 nitrogen and oxygen atoms in total. The molecule has 0 unspecified atom stereocenters. The molecule has 0 aliphatic rings. The lowest BCUT2D eigenvalue weighted by atomic mass is 10.2. The van der Waals surface area contributed by atoms with Crippen LogP contribution in [-0.4, -0.2) is 29.7 Å². The number of ether oxygens (including phenoxy) is 1. The smallest absolute Gasteiger partial charge is 0.251 e. The minimum Gasteiger partial charge on any atom is -0.456 e. The number of aromatic nitrogens is 6. The minimum atomic E-state index is -0.225. The molecule has 1 N–H and O–H groups in total. The highest BCUT2D eigenvalue weighted by Crippen LogP contribution is 2.25. The van der Waals surface area contributed by atoms with Crippen molar-refractivity contribution in [3.05, 3.63) is 71.7 Å². The highest BCUT2D eigenvalue weighted by molar-refractivity contribution is 5.59. The third-order valence-electron chi connectivity index (χ3n) is 3.62. The maximum absolute atomic E-state index is 11.4. The Kier molecular flexibility index (Phi) is 3.98. The molecule has 4 aromatic rings. The summed E-state index contributed by atoms with van der Waals surface area (Å²) in [5.74, 6) is 1.61. The van der Waals surface area contributed by atoms with Crippen LogP contribution in [0, 0.1) is 0 Å². The molecule has 0 fully saturated rings. The van der Waals surface area contributed by atoms with E-state index < -0.39 is 0 Å². The Morgan fingerprint density at radius 2 is 1.85 bits per heavy atom. The highest BCUT2D eigenvalue weighted by Gasteiger charge is 2.06. The molecule has 4 aromatic heterocycles. The zero-order valence-corrected chi connectivity index (χ0v) is 13.8. The monoisotopic (exact) mass is 346 g/mol. The third kappa shape index (κ3) is 3.34. The molecule has 0 aliphatic carbocycles. The van der Waals surface area contributed by atoms with Crippen LogP contribution in [0.3, 0.4) is 0 Å². The Balaban J connectivity index is 1.55. The van der Waals surface area contributed by atoms with E-state index in [1.54, 1.807) is 41.5 Å². The van der Waals surface area contributed by atoms with Crippen molar-refractivity contribution in [2.75, 3.05) is 0 Å². The molecule has 4 rings (SSSR count). The molecule has 4 heterocycles. The van der Waals surface area contributed by atoms with Gasteiger partial charge in [-0.1, -0.05) is 0 Å². The van der Waals surface area contributed by atoms with Crippen LogP contribution in [-0.2, 0) is 7.05 Å². The summed E-state index contributed by atoms with van der Waals surface area (Å²) in [5.41, 5.74) is 2.01. The first kappa shape index (κ1) is 15.7. The van der Waals surface area contributed by atoms with E-state index in [0.29, 0.717) is 23.0 Å². The Morgan fingerprint density at radius 3 is 2.58 bits per heavy atom. The lowest BCUT2D eigenvalue weighted by Crippen LogP contribution is -2.06. The summed E-state index contributed by atoms with van der Waals surface area (Å²) >= 11 is 0. The highest BCUT2D eigenvalue weighted by atomic mass is 16.5. The average molecular weight is 346 g/mol. The van der Waals surface area contributed by atoms with Gasteiger partial charge in [0.2, 0.25) is 0 Å². The van der Waals surface area contributed by atoms with Crippen LogP contribution in [0.25, 0.3) is 22.8 Å². The maximum Gasteiger partial charge on any atom is 0.251 e. The van der Waals surface area contributed by atoms with E-state index in [1.807, 2.05) is 19.3 Å². The van der Waals surface area contributed by atoms with Gasteiger partial charge in [-0.05, 0) is 18.2 Å². The summed E-state index contributed by atoms with van der Waals surface area (Å²) in [6.45, 7) is 0. The number of H-pyrrole nitrogens is 1. The number of hydrogen-bond acceptors (Lipinski definition) is 6. The predicted molar refractivity (Wildman–Crippen MR) is 94.6 cm³/mol. The second-order valence-electron chi connectivity index (χ2n) is 5.54. The predicted octanol–water partition coefficient (Wildman–Crippen LogP) is 2.42. The fourth-order valence-corrected chi connectivity index (χ4v) is 2.40. The largest absolute Gasteiger partial charge is 0.456 e. The fourth-order valence-electron chi connectivity index (χ4n) is 2.40. The van der Waals surface area contributed by atoms with Crippen LogP contribution in [0.4, 0.5) is 0 Å². The lowest BCUT2D eigenvalue weighted by molar-refractivity contribution is 0.480. The van der Waals surface area contributed by atoms with Gasteiger partial charge in [-0.3, -0.25) is 14.5 Å². The van der Waals surface area contributed by atoms with Crippen molar-refractivity contribution in [2.24, 2.45) is 7.05 Å². The van der Waals surface area contributed by atoms with Gasteiger partial charge >= 0.3 is 0 Å². The van der Waals surface area contributed by atoms with Crippen LogP contribution >= 0.6 is 0 Å².